The van der Waals surface area contributed by atoms with Gasteiger partial charge in [-0.2, -0.15) is 13.2 Å². The van der Waals surface area contributed by atoms with Gasteiger partial charge in [-0.15, -0.1) is 11.8 Å². The lowest BCUT2D eigenvalue weighted by Crippen LogP contribution is -2.13. The predicted molar refractivity (Wildman–Crippen MR) is 133 cm³/mol. The van der Waals surface area contributed by atoms with Crippen LogP contribution in [0.5, 0.6) is 0 Å². The molecule has 0 aliphatic heterocycles. The van der Waals surface area contributed by atoms with E-state index in [1.165, 1.54) is 25.6 Å². The summed E-state index contributed by atoms with van der Waals surface area (Å²) in [7, 11) is 0. The number of carbonyl (C=O) groups excluding carboxylic acids is 1. The quantitative estimate of drug-likeness (QED) is 0.110. The minimum absolute atomic E-state index is 0.0144. The number of Topliss-reactive ketones (excluding diaryl/α,β-unsaturated/α-hetero) is 1. The highest BCUT2D eigenvalue weighted by atomic mass is 32.2. The molecule has 0 saturated heterocycles. The van der Waals surface area contributed by atoms with Crippen LogP contribution in [0, 0.1) is 17.6 Å². The molecule has 0 radical (unpaired) electrons. The normalized spacial score (nSPS) is 15.7. The molecule has 1 aliphatic carbocycles. The van der Waals surface area contributed by atoms with Crippen LogP contribution in [-0.4, -0.2) is 28.4 Å². The second-order valence-corrected chi connectivity index (χ2v) is 10.0. The van der Waals surface area contributed by atoms with Crippen LogP contribution < -0.4 is 0 Å². The van der Waals surface area contributed by atoms with E-state index in [-0.39, 0.29) is 40.6 Å². The minimum atomic E-state index is -4.54. The number of pyridine rings is 1. The summed E-state index contributed by atoms with van der Waals surface area (Å²) in [4.78, 5) is 21.8. The smallest absolute Gasteiger partial charge is 0.295 e. The van der Waals surface area contributed by atoms with Gasteiger partial charge < -0.3 is 0 Å². The maximum absolute atomic E-state index is 13.8. The number of ketones is 1. The Morgan fingerprint density at radius 2 is 1.75 bits per heavy atom. The van der Waals surface area contributed by atoms with Crippen LogP contribution >= 0.6 is 11.8 Å². The maximum Gasteiger partial charge on any atom is 0.412 e. The van der Waals surface area contributed by atoms with Gasteiger partial charge in [0.05, 0.1) is 22.8 Å². The molecule has 0 unspecified atom stereocenters. The zero-order valence-corrected chi connectivity index (χ0v) is 21.3. The second kappa shape index (κ2) is 11.5. The molecule has 192 valence electrons. The van der Waals surface area contributed by atoms with E-state index in [9.17, 15) is 26.7 Å². The zero-order valence-electron chi connectivity index (χ0n) is 20.5. The molecule has 36 heavy (non-hydrogen) atoms. The number of aromatic nitrogens is 1. The average molecular weight is 523 g/mol. The molecule has 3 nitrogen and oxygen atoms in total. The van der Waals surface area contributed by atoms with E-state index in [1.807, 2.05) is 6.92 Å². The lowest BCUT2D eigenvalue weighted by molar-refractivity contribution is -0.113. The lowest BCUT2D eigenvalue weighted by atomic mass is 10.0. The van der Waals surface area contributed by atoms with Crippen molar-refractivity contribution >= 4 is 23.3 Å². The largest absolute Gasteiger partial charge is 0.412 e. The van der Waals surface area contributed by atoms with Crippen molar-refractivity contribution in [1.82, 2.24) is 4.98 Å². The number of alkyl halides is 3. The Morgan fingerprint density at radius 3 is 2.28 bits per heavy atom. The van der Waals surface area contributed by atoms with Crippen LogP contribution in [0.1, 0.15) is 52.7 Å². The number of benzene rings is 1. The van der Waals surface area contributed by atoms with Crippen molar-refractivity contribution in [2.45, 2.75) is 58.0 Å². The molecule has 1 saturated carbocycles. The van der Waals surface area contributed by atoms with Crippen molar-refractivity contribution in [3.63, 3.8) is 0 Å². The first-order valence-electron chi connectivity index (χ1n) is 11.5. The van der Waals surface area contributed by atoms with Gasteiger partial charge in [0.2, 0.25) is 0 Å². The average Bonchev–Trinajstić information content (AvgIpc) is 3.60. The third-order valence-corrected chi connectivity index (χ3v) is 6.67. The van der Waals surface area contributed by atoms with E-state index in [2.05, 4.69) is 9.98 Å². The highest BCUT2D eigenvalue weighted by Gasteiger charge is 2.37. The summed E-state index contributed by atoms with van der Waals surface area (Å²) < 4.78 is 68.9. The summed E-state index contributed by atoms with van der Waals surface area (Å²) in [5.41, 5.74) is 0.439. The third kappa shape index (κ3) is 7.35. The number of allylic oxidation sites excluding steroid dienone is 3. The number of thioether (sulfide) groups is 1. The molecule has 0 spiro atoms. The SMILES string of the molecule is CCSc1ccc(-c2cc(F)cc(F)c2)nc1C(C)=NC(/C=C(\CC1CC1)C(F)(F)F)=C(\C)C(C)=O. The molecule has 1 aromatic heterocycles. The fourth-order valence-corrected chi connectivity index (χ4v) is 4.34. The monoisotopic (exact) mass is 522 g/mol. The van der Waals surface area contributed by atoms with E-state index in [0.29, 0.717) is 16.3 Å². The second-order valence-electron chi connectivity index (χ2n) is 8.71. The molecular weight excluding hydrogens is 495 g/mol. The molecule has 2 aromatic rings. The summed E-state index contributed by atoms with van der Waals surface area (Å²) in [5.74, 6) is -1.24. The van der Waals surface area contributed by atoms with Crippen LogP contribution in [0.2, 0.25) is 0 Å². The predicted octanol–water partition coefficient (Wildman–Crippen LogP) is 8.10. The summed E-state index contributed by atoms with van der Waals surface area (Å²) >= 11 is 1.45. The van der Waals surface area contributed by atoms with Gasteiger partial charge in [0.15, 0.2) is 5.78 Å². The van der Waals surface area contributed by atoms with Crippen molar-refractivity contribution in [3.05, 3.63) is 70.6 Å². The molecule has 1 aromatic carbocycles. The molecular formula is C27H27F5N2OS. The van der Waals surface area contributed by atoms with Gasteiger partial charge in [0.1, 0.15) is 11.6 Å². The first-order chi connectivity index (χ1) is 16.9. The third-order valence-electron chi connectivity index (χ3n) is 5.74. The topological polar surface area (TPSA) is 42.3 Å². The van der Waals surface area contributed by atoms with E-state index < -0.39 is 29.2 Å². The zero-order chi connectivity index (χ0) is 26.6. The van der Waals surface area contributed by atoms with Gasteiger partial charge in [-0.1, -0.05) is 6.92 Å². The highest BCUT2D eigenvalue weighted by molar-refractivity contribution is 7.99. The summed E-state index contributed by atoms with van der Waals surface area (Å²) in [6.45, 7) is 6.24. The van der Waals surface area contributed by atoms with Crippen molar-refractivity contribution < 1.29 is 26.7 Å². The number of hydrogen-bond donors (Lipinski definition) is 0. The van der Waals surface area contributed by atoms with Crippen molar-refractivity contribution in [2.75, 3.05) is 5.75 Å². The van der Waals surface area contributed by atoms with Crippen LogP contribution in [0.15, 0.2) is 63.1 Å². The van der Waals surface area contributed by atoms with Crippen LogP contribution in [0.3, 0.4) is 0 Å². The Kier molecular flexibility index (Phi) is 8.87. The maximum atomic E-state index is 13.8. The fourth-order valence-electron chi connectivity index (χ4n) is 3.53. The fraction of sp³-hybridized carbons (Fsp3) is 0.370. The van der Waals surface area contributed by atoms with Crippen molar-refractivity contribution in [2.24, 2.45) is 10.9 Å². The van der Waals surface area contributed by atoms with Gasteiger partial charge in [0.25, 0.3) is 0 Å². The van der Waals surface area contributed by atoms with Gasteiger partial charge >= 0.3 is 6.18 Å². The van der Waals surface area contributed by atoms with E-state index >= 15 is 0 Å². The Hall–Kier alpha value is -2.81. The number of aliphatic imine (C=N–C) groups is 1. The van der Waals surface area contributed by atoms with E-state index in [0.717, 1.165) is 37.1 Å². The minimum Gasteiger partial charge on any atom is -0.295 e. The van der Waals surface area contributed by atoms with E-state index in [1.54, 1.807) is 19.1 Å². The summed E-state index contributed by atoms with van der Waals surface area (Å²) in [6.07, 6.45) is -2.22. The Balaban J connectivity index is 2.15. The molecule has 0 bridgehead atoms. The first-order valence-corrected chi connectivity index (χ1v) is 12.5. The number of nitrogens with zero attached hydrogens (tertiary/aromatic N) is 2. The number of rotatable bonds is 9. The first kappa shape index (κ1) is 27.8. The number of carbonyl (C=O) groups is 1. The Morgan fingerprint density at radius 1 is 1.11 bits per heavy atom. The standard InChI is InChI=1S/C27H27F5N2OS/c1-5-36-25-9-8-23(19-11-21(28)14-22(29)12-19)34-26(25)16(3)33-24(15(2)17(4)35)13-20(27(30,31)32)10-18-6-7-18/h8-9,11-14,18H,5-7,10H2,1-4H3/b20-13+,24-15+,33-16?. The molecule has 0 N–H and O–H groups in total. The van der Waals surface area contributed by atoms with Crippen LogP contribution in [0.25, 0.3) is 11.3 Å². The molecule has 3 rings (SSSR count). The number of halogens is 5. The van der Waals surface area contributed by atoms with Crippen molar-refractivity contribution in [1.29, 1.82) is 0 Å². The molecule has 9 heteroatoms. The summed E-state index contributed by atoms with van der Waals surface area (Å²) in [5, 5.41) is 0. The molecule has 1 aliphatic rings. The van der Waals surface area contributed by atoms with E-state index in [4.69, 9.17) is 0 Å². The Labute approximate surface area is 211 Å². The molecule has 1 heterocycles. The van der Waals surface area contributed by atoms with Crippen LogP contribution in [-0.2, 0) is 4.79 Å². The van der Waals surface area contributed by atoms with Gasteiger partial charge in [-0.25, -0.2) is 13.8 Å². The van der Waals surface area contributed by atoms with Gasteiger partial charge in [-0.05, 0) is 82.0 Å². The lowest BCUT2D eigenvalue weighted by Gasteiger charge is -2.14. The van der Waals surface area contributed by atoms with Gasteiger partial charge in [-0.3, -0.25) is 9.79 Å². The van der Waals surface area contributed by atoms with Crippen molar-refractivity contribution in [3.8, 4) is 11.3 Å². The highest BCUT2D eigenvalue weighted by Crippen LogP contribution is 2.41. The number of hydrogen-bond acceptors (Lipinski definition) is 4. The molecule has 1 fully saturated rings. The molecule has 0 atom stereocenters. The van der Waals surface area contributed by atoms with Gasteiger partial charge in [0, 0.05) is 27.7 Å². The summed E-state index contributed by atoms with van der Waals surface area (Å²) in [6, 6.07) is 6.41. The Bertz CT molecular complexity index is 1220. The van der Waals surface area contributed by atoms with Crippen LogP contribution in [0.4, 0.5) is 22.0 Å². The molecule has 0 amide bonds.